The molecule has 7 nitrogen and oxygen atoms in total. The second kappa shape index (κ2) is 12.8. The van der Waals surface area contributed by atoms with Crippen LogP contribution in [0.3, 0.4) is 0 Å². The number of hydrogen-bond donors (Lipinski definition) is 2. The van der Waals surface area contributed by atoms with E-state index >= 15 is 0 Å². The quantitative estimate of drug-likeness (QED) is 0.411. The van der Waals surface area contributed by atoms with Crippen LogP contribution in [0, 0.1) is 11.7 Å². The van der Waals surface area contributed by atoms with Crippen molar-refractivity contribution in [3.63, 3.8) is 0 Å². The van der Waals surface area contributed by atoms with Gasteiger partial charge in [-0.2, -0.15) is 0 Å². The van der Waals surface area contributed by atoms with Crippen LogP contribution in [0.15, 0.2) is 53.5 Å². The van der Waals surface area contributed by atoms with E-state index < -0.39 is 11.9 Å². The zero-order chi connectivity index (χ0) is 24.3. The number of carbonyl (C=O) groups is 2. The first-order chi connectivity index (χ1) is 16.4. The molecule has 0 radical (unpaired) electrons. The summed E-state index contributed by atoms with van der Waals surface area (Å²) in [5.41, 5.74) is 7.74. The van der Waals surface area contributed by atoms with E-state index in [2.05, 4.69) is 10.3 Å². The van der Waals surface area contributed by atoms with Gasteiger partial charge in [0.05, 0.1) is 7.11 Å². The summed E-state index contributed by atoms with van der Waals surface area (Å²) in [7, 11) is 1.40. The number of guanidine groups is 1. The Morgan fingerprint density at radius 2 is 1.91 bits per heavy atom. The zero-order valence-electron chi connectivity index (χ0n) is 19.5. The number of benzene rings is 2. The summed E-state index contributed by atoms with van der Waals surface area (Å²) in [6, 6.07) is 13.3. The topological polar surface area (TPSA) is 103 Å². The van der Waals surface area contributed by atoms with Crippen LogP contribution < -0.4 is 15.8 Å². The smallest absolute Gasteiger partial charge is 0.226 e. The Balaban J connectivity index is 1.65. The minimum Gasteiger partial charge on any atom is -0.494 e. The fraction of sp³-hybridized carbons (Fsp3) is 0.423. The molecular formula is C26H32FN3O4. The lowest BCUT2D eigenvalue weighted by atomic mass is 9.96. The molecule has 1 heterocycles. The number of ether oxygens (including phenoxy) is 2. The number of Topliss-reactive ketones (excluding diaryl/α,β-unsaturated/α-hetero) is 1. The highest BCUT2D eigenvalue weighted by atomic mass is 19.1. The maximum Gasteiger partial charge on any atom is 0.226 e. The van der Waals surface area contributed by atoms with Gasteiger partial charge in [-0.1, -0.05) is 36.4 Å². The summed E-state index contributed by atoms with van der Waals surface area (Å²) in [5.74, 6) is -0.439. The normalized spacial score (nSPS) is 15.5. The van der Waals surface area contributed by atoms with Crippen LogP contribution >= 0.6 is 0 Å². The highest BCUT2D eigenvalue weighted by Gasteiger charge is 2.21. The lowest BCUT2D eigenvalue weighted by Gasteiger charge is -2.21. The second-order valence-corrected chi connectivity index (χ2v) is 8.46. The van der Waals surface area contributed by atoms with Gasteiger partial charge in [0.25, 0.3) is 0 Å². The molecule has 0 saturated carbocycles. The van der Waals surface area contributed by atoms with Crippen LogP contribution in [-0.2, 0) is 27.2 Å². The standard InChI is InChI=1S/C26H32FN3O4/c1-33-24-16-19(7-9-21(24)27)8-10-23(31)22(15-18-5-3-2-4-6-18)29-26(28)30-25(32)17-20-11-13-34-14-12-20/h2-7,9,16,20,22H,8,10-15,17H2,1H3,(H3,28,29,30,32)/t22-/m1/s1. The molecule has 1 atom stereocenters. The van der Waals surface area contributed by atoms with Gasteiger partial charge in [0.2, 0.25) is 5.91 Å². The van der Waals surface area contributed by atoms with Crippen molar-refractivity contribution in [2.75, 3.05) is 20.3 Å². The van der Waals surface area contributed by atoms with E-state index in [1.165, 1.54) is 13.2 Å². The van der Waals surface area contributed by atoms with Gasteiger partial charge in [-0.05, 0) is 48.4 Å². The van der Waals surface area contributed by atoms with Gasteiger partial charge in [0.1, 0.15) is 6.04 Å². The number of ketones is 1. The molecule has 0 unspecified atom stereocenters. The molecule has 1 aliphatic heterocycles. The second-order valence-electron chi connectivity index (χ2n) is 8.46. The van der Waals surface area contributed by atoms with Gasteiger partial charge in [0.15, 0.2) is 23.3 Å². The van der Waals surface area contributed by atoms with E-state index in [-0.39, 0.29) is 35.7 Å². The van der Waals surface area contributed by atoms with Crippen LogP contribution in [0.25, 0.3) is 0 Å². The Morgan fingerprint density at radius 1 is 1.18 bits per heavy atom. The van der Waals surface area contributed by atoms with E-state index in [1.807, 2.05) is 30.3 Å². The van der Waals surface area contributed by atoms with Gasteiger partial charge in [-0.3, -0.25) is 14.9 Å². The number of aliphatic imine (C=N–C) groups is 1. The Hall–Kier alpha value is -3.26. The number of methoxy groups -OCH3 is 1. The molecular weight excluding hydrogens is 437 g/mol. The number of carbonyl (C=O) groups excluding carboxylic acids is 2. The Morgan fingerprint density at radius 3 is 2.62 bits per heavy atom. The molecule has 2 aromatic rings. The van der Waals surface area contributed by atoms with Crippen LogP contribution in [-0.4, -0.2) is 44.0 Å². The van der Waals surface area contributed by atoms with Gasteiger partial charge < -0.3 is 15.2 Å². The van der Waals surface area contributed by atoms with Crippen molar-refractivity contribution in [1.82, 2.24) is 5.32 Å². The van der Waals surface area contributed by atoms with Crippen LogP contribution in [0.1, 0.15) is 36.8 Å². The highest BCUT2D eigenvalue weighted by Crippen LogP contribution is 2.20. The molecule has 1 fully saturated rings. The molecule has 2 aromatic carbocycles. The molecule has 0 bridgehead atoms. The molecule has 8 heteroatoms. The van der Waals surface area contributed by atoms with Gasteiger partial charge >= 0.3 is 0 Å². The molecule has 1 amide bonds. The van der Waals surface area contributed by atoms with Gasteiger partial charge in [-0.15, -0.1) is 0 Å². The summed E-state index contributed by atoms with van der Waals surface area (Å²) in [6.07, 6.45) is 3.00. The molecule has 0 aromatic heterocycles. The first-order valence-corrected chi connectivity index (χ1v) is 11.5. The monoisotopic (exact) mass is 469 g/mol. The maximum absolute atomic E-state index is 13.7. The lowest BCUT2D eigenvalue weighted by Crippen LogP contribution is -2.40. The largest absolute Gasteiger partial charge is 0.494 e. The van der Waals surface area contributed by atoms with E-state index in [1.54, 1.807) is 12.1 Å². The number of nitrogens with zero attached hydrogens (tertiary/aromatic N) is 1. The van der Waals surface area contributed by atoms with Crippen molar-refractivity contribution < 1.29 is 23.5 Å². The molecule has 3 rings (SSSR count). The average molecular weight is 470 g/mol. The van der Waals surface area contributed by atoms with E-state index in [0.29, 0.717) is 32.5 Å². The van der Waals surface area contributed by atoms with Crippen molar-refractivity contribution in [1.29, 1.82) is 0 Å². The Kier molecular flexibility index (Phi) is 9.58. The Labute approximate surface area is 199 Å². The molecule has 0 spiro atoms. The van der Waals surface area contributed by atoms with Gasteiger partial charge in [-0.25, -0.2) is 9.38 Å². The number of nitrogens with one attached hydrogen (secondary N) is 1. The summed E-state index contributed by atoms with van der Waals surface area (Å²) in [6.45, 7) is 1.32. The fourth-order valence-electron chi connectivity index (χ4n) is 3.97. The first-order valence-electron chi connectivity index (χ1n) is 11.5. The number of hydrogen-bond acceptors (Lipinski definition) is 5. The van der Waals surface area contributed by atoms with Gasteiger partial charge in [0, 0.05) is 32.5 Å². The maximum atomic E-state index is 13.7. The fourth-order valence-corrected chi connectivity index (χ4v) is 3.97. The lowest BCUT2D eigenvalue weighted by molar-refractivity contribution is -0.122. The van der Waals surface area contributed by atoms with Crippen molar-refractivity contribution in [3.8, 4) is 5.75 Å². The summed E-state index contributed by atoms with van der Waals surface area (Å²) >= 11 is 0. The van der Waals surface area contributed by atoms with E-state index in [4.69, 9.17) is 15.2 Å². The van der Waals surface area contributed by atoms with Crippen molar-refractivity contribution in [2.24, 2.45) is 16.6 Å². The number of halogens is 1. The summed E-state index contributed by atoms with van der Waals surface area (Å²) in [4.78, 5) is 29.8. The molecule has 1 aliphatic rings. The van der Waals surface area contributed by atoms with Crippen LogP contribution in [0.2, 0.25) is 0 Å². The average Bonchev–Trinajstić information content (AvgIpc) is 2.84. The van der Waals surface area contributed by atoms with Crippen molar-refractivity contribution >= 4 is 17.6 Å². The third-order valence-corrected chi connectivity index (χ3v) is 5.90. The molecule has 1 saturated heterocycles. The van der Waals surface area contributed by atoms with Crippen molar-refractivity contribution in [3.05, 3.63) is 65.5 Å². The minimum absolute atomic E-state index is 0.0604. The number of aryl methyl sites for hydroxylation is 1. The Bertz CT molecular complexity index is 991. The first kappa shape index (κ1) is 25.4. The zero-order valence-corrected chi connectivity index (χ0v) is 19.5. The summed E-state index contributed by atoms with van der Waals surface area (Å²) in [5, 5.41) is 2.63. The number of rotatable bonds is 10. The highest BCUT2D eigenvalue weighted by molar-refractivity contribution is 5.97. The number of nitrogens with two attached hydrogens (primary N) is 1. The summed E-state index contributed by atoms with van der Waals surface area (Å²) < 4.78 is 24.0. The number of amides is 1. The molecule has 34 heavy (non-hydrogen) atoms. The van der Waals surface area contributed by atoms with E-state index in [0.717, 1.165) is 24.0 Å². The molecule has 182 valence electrons. The molecule has 3 N–H and O–H groups in total. The van der Waals surface area contributed by atoms with Crippen LogP contribution in [0.5, 0.6) is 5.75 Å². The third-order valence-electron chi connectivity index (χ3n) is 5.90. The SMILES string of the molecule is COc1cc(CCC(=O)[C@@H](Cc2ccccc2)N=C(N)NC(=O)CC2CCOCC2)ccc1F. The predicted molar refractivity (Wildman–Crippen MR) is 128 cm³/mol. The molecule has 0 aliphatic carbocycles. The predicted octanol–water partition coefficient (Wildman–Crippen LogP) is 3.19. The third kappa shape index (κ3) is 7.95. The van der Waals surface area contributed by atoms with Crippen LogP contribution in [0.4, 0.5) is 4.39 Å². The minimum atomic E-state index is -0.742. The van der Waals surface area contributed by atoms with Crippen molar-refractivity contribution in [2.45, 2.75) is 44.6 Å². The van der Waals surface area contributed by atoms with E-state index in [9.17, 15) is 14.0 Å².